The molecule has 0 unspecified atom stereocenters. The highest BCUT2D eigenvalue weighted by Crippen LogP contribution is 2.25. The molecule has 3 N–H and O–H groups in total. The highest BCUT2D eigenvalue weighted by atomic mass is 16.2. The summed E-state index contributed by atoms with van der Waals surface area (Å²) in [6, 6.07) is 0. The number of nitrogens with one attached hydrogen (secondary N) is 1. The molecule has 1 saturated heterocycles. The molecule has 2 amide bonds. The third kappa shape index (κ3) is 3.95. The lowest BCUT2D eigenvalue weighted by Gasteiger charge is -2.32. The first-order valence-electron chi connectivity index (χ1n) is 7.97. The van der Waals surface area contributed by atoms with Gasteiger partial charge in [-0.15, -0.1) is 0 Å². The lowest BCUT2D eigenvalue weighted by Crippen LogP contribution is -2.55. The van der Waals surface area contributed by atoms with Gasteiger partial charge < -0.3 is 16.0 Å². The van der Waals surface area contributed by atoms with Gasteiger partial charge in [0.25, 0.3) is 0 Å². The molecule has 2 rings (SSSR count). The van der Waals surface area contributed by atoms with E-state index in [0.29, 0.717) is 13.0 Å². The number of amides is 2. The lowest BCUT2D eigenvalue weighted by molar-refractivity contribution is -0.132. The van der Waals surface area contributed by atoms with Crippen molar-refractivity contribution in [2.75, 3.05) is 19.6 Å². The van der Waals surface area contributed by atoms with Crippen LogP contribution in [0.5, 0.6) is 0 Å². The summed E-state index contributed by atoms with van der Waals surface area (Å²) in [6.45, 7) is 2.15. The molecule has 0 atom stereocenters. The summed E-state index contributed by atoms with van der Waals surface area (Å²) in [5, 5.41) is 2.85. The van der Waals surface area contributed by atoms with E-state index in [4.69, 9.17) is 5.73 Å². The van der Waals surface area contributed by atoms with E-state index in [2.05, 4.69) is 5.32 Å². The van der Waals surface area contributed by atoms with E-state index >= 15 is 0 Å². The summed E-state index contributed by atoms with van der Waals surface area (Å²) in [6.07, 6.45) is 8.55. The van der Waals surface area contributed by atoms with Crippen molar-refractivity contribution in [1.29, 1.82) is 0 Å². The number of piperidine rings is 1. The van der Waals surface area contributed by atoms with Crippen LogP contribution in [-0.4, -0.2) is 41.9 Å². The second-order valence-electron chi connectivity index (χ2n) is 6.16. The van der Waals surface area contributed by atoms with Crippen LogP contribution in [0.2, 0.25) is 0 Å². The molecule has 0 radical (unpaired) electrons. The van der Waals surface area contributed by atoms with Crippen LogP contribution in [0.25, 0.3) is 0 Å². The fourth-order valence-corrected chi connectivity index (χ4v) is 3.17. The average Bonchev–Trinajstić information content (AvgIpc) is 2.48. The Hall–Kier alpha value is -1.10. The van der Waals surface area contributed by atoms with Crippen LogP contribution < -0.4 is 11.1 Å². The molecule has 1 heterocycles. The first kappa shape index (κ1) is 15.3. The van der Waals surface area contributed by atoms with Crippen molar-refractivity contribution in [3.05, 3.63) is 0 Å². The smallest absolute Gasteiger partial charge is 0.240 e. The Kier molecular flexibility index (Phi) is 5.40. The molecule has 1 saturated carbocycles. The summed E-state index contributed by atoms with van der Waals surface area (Å²) < 4.78 is 0. The van der Waals surface area contributed by atoms with Crippen LogP contribution in [0, 0.1) is 0 Å². The molecule has 5 heteroatoms. The Labute approximate surface area is 121 Å². The zero-order chi connectivity index (χ0) is 14.4. The summed E-state index contributed by atoms with van der Waals surface area (Å²) in [4.78, 5) is 26.0. The van der Waals surface area contributed by atoms with Gasteiger partial charge in [-0.25, -0.2) is 0 Å². The van der Waals surface area contributed by atoms with Crippen LogP contribution in [0.1, 0.15) is 57.8 Å². The van der Waals surface area contributed by atoms with Gasteiger partial charge in [0, 0.05) is 26.1 Å². The largest absolute Gasteiger partial charge is 0.354 e. The Morgan fingerprint density at radius 2 is 1.60 bits per heavy atom. The Balaban J connectivity index is 1.69. The number of hydrogen-bond donors (Lipinski definition) is 2. The van der Waals surface area contributed by atoms with E-state index < -0.39 is 5.54 Å². The van der Waals surface area contributed by atoms with Crippen molar-refractivity contribution < 1.29 is 9.59 Å². The lowest BCUT2D eigenvalue weighted by atomic mass is 9.82. The number of nitrogens with zero attached hydrogens (tertiary/aromatic N) is 1. The van der Waals surface area contributed by atoms with Gasteiger partial charge in [-0.2, -0.15) is 0 Å². The first-order chi connectivity index (χ1) is 9.62. The Bertz CT molecular complexity index is 345. The molecule has 114 valence electrons. The SMILES string of the molecule is NC1(C(=O)NCCC(=O)N2CCCCC2)CCCCC1. The van der Waals surface area contributed by atoms with Crippen molar-refractivity contribution in [2.45, 2.75) is 63.3 Å². The monoisotopic (exact) mass is 281 g/mol. The predicted molar refractivity (Wildman–Crippen MR) is 78.1 cm³/mol. The minimum Gasteiger partial charge on any atom is -0.354 e. The van der Waals surface area contributed by atoms with Crippen LogP contribution in [0.4, 0.5) is 0 Å². The van der Waals surface area contributed by atoms with Crippen molar-refractivity contribution in [1.82, 2.24) is 10.2 Å². The molecule has 5 nitrogen and oxygen atoms in total. The standard InChI is InChI=1S/C15H27N3O2/c16-15(8-3-1-4-9-15)14(20)17-10-7-13(19)18-11-5-2-6-12-18/h1-12,16H2,(H,17,20). The van der Waals surface area contributed by atoms with Crippen molar-refractivity contribution in [3.8, 4) is 0 Å². The van der Waals surface area contributed by atoms with Gasteiger partial charge in [-0.1, -0.05) is 19.3 Å². The molecule has 1 aliphatic heterocycles. The van der Waals surface area contributed by atoms with Crippen molar-refractivity contribution >= 4 is 11.8 Å². The molecule has 0 aromatic carbocycles. The number of carbonyl (C=O) groups excluding carboxylic acids is 2. The minimum absolute atomic E-state index is 0.0800. The maximum absolute atomic E-state index is 12.1. The minimum atomic E-state index is -0.702. The summed E-state index contributed by atoms with van der Waals surface area (Å²) in [5.74, 6) is 0.0726. The van der Waals surface area contributed by atoms with Gasteiger partial charge in [0.1, 0.15) is 0 Å². The Morgan fingerprint density at radius 3 is 2.25 bits per heavy atom. The van der Waals surface area contributed by atoms with Gasteiger partial charge in [-0.3, -0.25) is 9.59 Å². The third-order valence-corrected chi connectivity index (χ3v) is 4.53. The van der Waals surface area contributed by atoms with Crippen molar-refractivity contribution in [3.63, 3.8) is 0 Å². The molecule has 0 bridgehead atoms. The number of carbonyl (C=O) groups is 2. The van der Waals surface area contributed by atoms with Gasteiger partial charge in [0.05, 0.1) is 5.54 Å². The summed E-state index contributed by atoms with van der Waals surface area (Å²) >= 11 is 0. The quantitative estimate of drug-likeness (QED) is 0.812. The average molecular weight is 281 g/mol. The molecule has 0 aromatic rings. The highest BCUT2D eigenvalue weighted by Gasteiger charge is 2.34. The second-order valence-corrected chi connectivity index (χ2v) is 6.16. The fourth-order valence-electron chi connectivity index (χ4n) is 3.17. The van der Waals surface area contributed by atoms with Gasteiger partial charge in [0.15, 0.2) is 0 Å². The van der Waals surface area contributed by atoms with E-state index in [9.17, 15) is 9.59 Å². The summed E-state index contributed by atoms with van der Waals surface area (Å²) in [7, 11) is 0. The zero-order valence-electron chi connectivity index (χ0n) is 12.3. The fraction of sp³-hybridized carbons (Fsp3) is 0.867. The van der Waals surface area contributed by atoms with E-state index in [1.54, 1.807) is 0 Å². The number of likely N-dealkylation sites (tertiary alicyclic amines) is 1. The van der Waals surface area contributed by atoms with Gasteiger partial charge in [0.2, 0.25) is 11.8 Å². The van der Waals surface area contributed by atoms with Crippen LogP contribution >= 0.6 is 0 Å². The van der Waals surface area contributed by atoms with E-state index in [1.807, 2.05) is 4.90 Å². The Morgan fingerprint density at radius 1 is 1.00 bits per heavy atom. The van der Waals surface area contributed by atoms with Gasteiger partial charge >= 0.3 is 0 Å². The highest BCUT2D eigenvalue weighted by molar-refractivity contribution is 5.86. The number of hydrogen-bond acceptors (Lipinski definition) is 3. The molecule has 1 aliphatic carbocycles. The molecular weight excluding hydrogens is 254 g/mol. The molecule has 2 fully saturated rings. The maximum atomic E-state index is 12.1. The maximum Gasteiger partial charge on any atom is 0.240 e. The molecule has 20 heavy (non-hydrogen) atoms. The van der Waals surface area contributed by atoms with E-state index in [-0.39, 0.29) is 11.8 Å². The molecule has 0 aromatic heterocycles. The summed E-state index contributed by atoms with van der Waals surface area (Å²) in [5.41, 5.74) is 5.45. The molecule has 0 spiro atoms. The zero-order valence-corrected chi connectivity index (χ0v) is 12.3. The van der Waals surface area contributed by atoms with E-state index in [0.717, 1.165) is 51.6 Å². The first-order valence-corrected chi connectivity index (χ1v) is 7.97. The van der Waals surface area contributed by atoms with E-state index in [1.165, 1.54) is 12.8 Å². The number of rotatable bonds is 4. The van der Waals surface area contributed by atoms with Crippen LogP contribution in [-0.2, 0) is 9.59 Å². The van der Waals surface area contributed by atoms with Crippen LogP contribution in [0.15, 0.2) is 0 Å². The van der Waals surface area contributed by atoms with Crippen molar-refractivity contribution in [2.24, 2.45) is 5.73 Å². The topological polar surface area (TPSA) is 75.4 Å². The van der Waals surface area contributed by atoms with Gasteiger partial charge in [-0.05, 0) is 32.1 Å². The third-order valence-electron chi connectivity index (χ3n) is 4.53. The number of nitrogens with two attached hydrogens (primary N) is 1. The van der Waals surface area contributed by atoms with Crippen LogP contribution in [0.3, 0.4) is 0 Å². The second kappa shape index (κ2) is 7.07. The normalized spacial score (nSPS) is 22.4. The molecular formula is C15H27N3O2. The predicted octanol–water partition coefficient (Wildman–Crippen LogP) is 1.17. The molecule has 2 aliphatic rings.